The van der Waals surface area contributed by atoms with Gasteiger partial charge in [-0.15, -0.1) is 26.3 Å². The summed E-state index contributed by atoms with van der Waals surface area (Å²) in [6.45, 7) is -0.363. The normalized spacial score (nSPS) is 12.7. The highest BCUT2D eigenvalue weighted by molar-refractivity contribution is 7.89. The molecule has 0 saturated carbocycles. The third-order valence-electron chi connectivity index (χ3n) is 2.97. The number of benzene rings is 2. The number of sulfonamides is 1. The Hall–Kier alpha value is -2.47. The van der Waals surface area contributed by atoms with Gasteiger partial charge in [0.25, 0.3) is 0 Å². The lowest BCUT2D eigenvalue weighted by Gasteiger charge is -2.11. The van der Waals surface area contributed by atoms with Crippen LogP contribution in [0.25, 0.3) is 0 Å². The molecule has 0 aliphatic carbocycles. The van der Waals surface area contributed by atoms with Crippen LogP contribution in [-0.4, -0.2) is 21.1 Å². The van der Waals surface area contributed by atoms with Gasteiger partial charge in [0, 0.05) is 6.54 Å². The summed E-state index contributed by atoms with van der Waals surface area (Å²) in [5.74, 6) is -1.12. The van der Waals surface area contributed by atoms with Gasteiger partial charge in [0.05, 0.1) is 4.90 Å². The summed E-state index contributed by atoms with van der Waals surface area (Å²) in [5, 5.41) is 0. The molecule has 0 radical (unpaired) electrons. The Morgan fingerprint density at radius 1 is 0.815 bits per heavy atom. The van der Waals surface area contributed by atoms with E-state index in [1.54, 1.807) is 0 Å². The Kier molecular flexibility index (Phi) is 5.90. The Morgan fingerprint density at radius 3 is 1.93 bits per heavy atom. The van der Waals surface area contributed by atoms with Crippen molar-refractivity contribution in [2.75, 3.05) is 0 Å². The number of hydrogen-bond donors (Lipinski definition) is 1. The summed E-state index contributed by atoms with van der Waals surface area (Å²) in [4.78, 5) is -0.347. The van der Waals surface area contributed by atoms with Gasteiger partial charge in [-0.2, -0.15) is 0 Å². The number of alkyl halides is 6. The van der Waals surface area contributed by atoms with E-state index < -0.39 is 34.2 Å². The molecule has 2 rings (SSSR count). The first-order chi connectivity index (χ1) is 12.3. The molecule has 0 heterocycles. The van der Waals surface area contributed by atoms with Crippen molar-refractivity contribution in [3.63, 3.8) is 0 Å². The molecule has 27 heavy (non-hydrogen) atoms. The van der Waals surface area contributed by atoms with Crippen LogP contribution in [0.2, 0.25) is 0 Å². The van der Waals surface area contributed by atoms with E-state index in [-0.39, 0.29) is 17.0 Å². The first-order valence-corrected chi connectivity index (χ1v) is 8.52. The van der Waals surface area contributed by atoms with Gasteiger partial charge in [-0.25, -0.2) is 13.1 Å². The predicted octanol–water partition coefficient (Wildman–Crippen LogP) is 3.96. The van der Waals surface area contributed by atoms with Gasteiger partial charge in [0.2, 0.25) is 10.0 Å². The molecule has 0 fully saturated rings. The zero-order valence-corrected chi connectivity index (χ0v) is 14.0. The molecule has 1 N–H and O–H groups in total. The zero-order valence-electron chi connectivity index (χ0n) is 13.1. The molecule has 0 bridgehead atoms. The van der Waals surface area contributed by atoms with Gasteiger partial charge in [-0.1, -0.05) is 12.1 Å². The highest BCUT2D eigenvalue weighted by Gasteiger charge is 2.32. The second kappa shape index (κ2) is 7.64. The van der Waals surface area contributed by atoms with Crippen LogP contribution in [0.1, 0.15) is 5.56 Å². The fourth-order valence-electron chi connectivity index (χ4n) is 1.93. The van der Waals surface area contributed by atoms with Crippen molar-refractivity contribution in [2.24, 2.45) is 0 Å². The third kappa shape index (κ3) is 6.98. The summed E-state index contributed by atoms with van der Waals surface area (Å²) in [7, 11) is -4.12. The van der Waals surface area contributed by atoms with Crippen molar-refractivity contribution in [1.82, 2.24) is 4.72 Å². The van der Waals surface area contributed by atoms with Crippen LogP contribution in [0.5, 0.6) is 11.5 Å². The molecule has 2 aromatic carbocycles. The van der Waals surface area contributed by atoms with Crippen LogP contribution >= 0.6 is 0 Å². The van der Waals surface area contributed by atoms with E-state index in [0.29, 0.717) is 0 Å². The monoisotopic (exact) mass is 415 g/mol. The standard InChI is InChI=1S/C15H11F6NO4S/c16-14(17,18)25-11-4-6-13(7-5-11)27(23,24)22-9-10-2-1-3-12(8-10)26-15(19,20)21/h1-8,22H,9H2. The minimum Gasteiger partial charge on any atom is -0.406 e. The Morgan fingerprint density at radius 2 is 1.37 bits per heavy atom. The van der Waals surface area contributed by atoms with Crippen LogP contribution in [0, 0.1) is 0 Å². The van der Waals surface area contributed by atoms with Gasteiger partial charge in [-0.3, -0.25) is 0 Å². The summed E-state index contributed by atoms with van der Waals surface area (Å²) in [6, 6.07) is 8.08. The molecular formula is C15H11F6NO4S. The lowest BCUT2D eigenvalue weighted by molar-refractivity contribution is -0.275. The summed E-state index contributed by atoms with van der Waals surface area (Å²) in [6.07, 6.45) is -9.81. The van der Waals surface area contributed by atoms with E-state index in [9.17, 15) is 34.8 Å². The zero-order chi connectivity index (χ0) is 20.3. The maximum absolute atomic E-state index is 12.2. The quantitative estimate of drug-likeness (QED) is 0.726. The van der Waals surface area contributed by atoms with Gasteiger partial charge in [0.1, 0.15) is 11.5 Å². The summed E-state index contributed by atoms with van der Waals surface area (Å²) in [5.41, 5.74) is 0.178. The second-order valence-corrected chi connectivity index (χ2v) is 6.81. The maximum atomic E-state index is 12.2. The van der Waals surface area contributed by atoms with Crippen LogP contribution in [0.4, 0.5) is 26.3 Å². The number of rotatable bonds is 6. The smallest absolute Gasteiger partial charge is 0.406 e. The highest BCUT2D eigenvalue weighted by Crippen LogP contribution is 2.25. The Labute approximate surface area is 149 Å². The summed E-state index contributed by atoms with van der Waals surface area (Å²) < 4.78 is 107. The van der Waals surface area contributed by atoms with Crippen molar-refractivity contribution in [3.8, 4) is 11.5 Å². The number of nitrogens with one attached hydrogen (secondary N) is 1. The van der Waals surface area contributed by atoms with Gasteiger partial charge in [-0.05, 0) is 42.0 Å². The van der Waals surface area contributed by atoms with Crippen molar-refractivity contribution < 1.29 is 44.2 Å². The van der Waals surface area contributed by atoms with E-state index in [0.717, 1.165) is 36.4 Å². The molecular weight excluding hydrogens is 404 g/mol. The predicted molar refractivity (Wildman–Crippen MR) is 80.3 cm³/mol. The van der Waals surface area contributed by atoms with Gasteiger partial charge < -0.3 is 9.47 Å². The van der Waals surface area contributed by atoms with Crippen molar-refractivity contribution >= 4 is 10.0 Å². The minimum absolute atomic E-state index is 0.178. The van der Waals surface area contributed by atoms with E-state index in [4.69, 9.17) is 0 Å². The molecule has 148 valence electrons. The molecule has 0 aliphatic rings. The Balaban J connectivity index is 2.05. The van der Waals surface area contributed by atoms with Crippen molar-refractivity contribution in [2.45, 2.75) is 24.2 Å². The molecule has 0 spiro atoms. The average Bonchev–Trinajstić information content (AvgIpc) is 2.51. The molecule has 0 aliphatic heterocycles. The average molecular weight is 415 g/mol. The highest BCUT2D eigenvalue weighted by atomic mass is 32.2. The lowest BCUT2D eigenvalue weighted by atomic mass is 10.2. The fraction of sp³-hybridized carbons (Fsp3) is 0.200. The van der Waals surface area contributed by atoms with E-state index in [1.165, 1.54) is 12.1 Å². The van der Waals surface area contributed by atoms with Crippen molar-refractivity contribution in [3.05, 3.63) is 54.1 Å². The van der Waals surface area contributed by atoms with E-state index in [2.05, 4.69) is 14.2 Å². The lowest BCUT2D eigenvalue weighted by Crippen LogP contribution is -2.23. The molecule has 12 heteroatoms. The van der Waals surface area contributed by atoms with Crippen LogP contribution in [0.15, 0.2) is 53.4 Å². The fourth-order valence-corrected chi connectivity index (χ4v) is 2.95. The minimum atomic E-state index is -4.91. The first-order valence-electron chi connectivity index (χ1n) is 7.04. The number of halogens is 6. The largest absolute Gasteiger partial charge is 0.573 e. The van der Waals surface area contributed by atoms with E-state index >= 15 is 0 Å². The molecule has 0 unspecified atom stereocenters. The second-order valence-electron chi connectivity index (χ2n) is 5.04. The molecule has 0 saturated heterocycles. The number of hydrogen-bond acceptors (Lipinski definition) is 4. The Bertz CT molecular complexity index is 878. The van der Waals surface area contributed by atoms with Crippen LogP contribution in [-0.2, 0) is 16.6 Å². The van der Waals surface area contributed by atoms with Crippen molar-refractivity contribution in [1.29, 1.82) is 0 Å². The molecule has 0 amide bonds. The SMILES string of the molecule is O=S(=O)(NCc1cccc(OC(F)(F)F)c1)c1ccc(OC(F)(F)F)cc1. The maximum Gasteiger partial charge on any atom is 0.573 e. The van der Waals surface area contributed by atoms with E-state index in [1.807, 2.05) is 0 Å². The summed E-state index contributed by atoms with van der Waals surface area (Å²) >= 11 is 0. The molecule has 0 aromatic heterocycles. The van der Waals surface area contributed by atoms with Crippen LogP contribution < -0.4 is 14.2 Å². The van der Waals surface area contributed by atoms with Gasteiger partial charge in [0.15, 0.2) is 0 Å². The first kappa shape index (κ1) is 20.8. The topological polar surface area (TPSA) is 64.6 Å². The molecule has 5 nitrogen and oxygen atoms in total. The number of ether oxygens (including phenoxy) is 2. The van der Waals surface area contributed by atoms with Gasteiger partial charge >= 0.3 is 12.7 Å². The molecule has 2 aromatic rings. The van der Waals surface area contributed by atoms with Crippen LogP contribution in [0.3, 0.4) is 0 Å². The third-order valence-corrected chi connectivity index (χ3v) is 4.38. The molecule has 0 atom stereocenters.